The molecule has 0 spiro atoms. The quantitative estimate of drug-likeness (QED) is 0.791. The minimum Gasteiger partial charge on any atom is -0.384 e. The molecule has 1 aromatic carbocycles. The maximum absolute atomic E-state index is 11.5. The third-order valence-corrected chi connectivity index (χ3v) is 2.01. The molecule has 0 atom stereocenters. The number of amides is 1. The molecule has 18 heavy (non-hydrogen) atoms. The summed E-state index contributed by atoms with van der Waals surface area (Å²) < 4.78 is 5.20. The first-order valence-electron chi connectivity index (χ1n) is 5.73. The molecule has 0 aromatic heterocycles. The Bertz CT molecular complexity index is 458. The van der Waals surface area contributed by atoms with Gasteiger partial charge in [-0.25, -0.2) is 0 Å². The number of nitrogens with one attached hydrogen (secondary N) is 1. The third-order valence-electron chi connectivity index (χ3n) is 2.01. The summed E-state index contributed by atoms with van der Waals surface area (Å²) in [6.07, 6.45) is 0.0255. The maximum atomic E-state index is 11.5. The van der Waals surface area contributed by atoms with E-state index in [1.807, 2.05) is 19.9 Å². The number of aliphatic hydroxyl groups excluding tert-OH is 1. The van der Waals surface area contributed by atoms with Gasteiger partial charge in [0.1, 0.15) is 13.2 Å². The SMILES string of the molecule is CC(C)OCC(=O)Nc1cccc(C#CCO)c1. The van der Waals surface area contributed by atoms with E-state index >= 15 is 0 Å². The van der Waals surface area contributed by atoms with Crippen molar-refractivity contribution in [3.63, 3.8) is 0 Å². The van der Waals surface area contributed by atoms with Crippen molar-refractivity contribution in [3.8, 4) is 11.8 Å². The van der Waals surface area contributed by atoms with Gasteiger partial charge in [0.15, 0.2) is 0 Å². The zero-order valence-corrected chi connectivity index (χ0v) is 10.6. The molecule has 0 aliphatic carbocycles. The van der Waals surface area contributed by atoms with Gasteiger partial charge in [0.25, 0.3) is 0 Å². The molecule has 2 N–H and O–H groups in total. The zero-order valence-electron chi connectivity index (χ0n) is 10.6. The predicted molar refractivity (Wildman–Crippen MR) is 70.1 cm³/mol. The van der Waals surface area contributed by atoms with Crippen molar-refractivity contribution in [2.24, 2.45) is 0 Å². The van der Waals surface area contributed by atoms with Crippen molar-refractivity contribution in [2.75, 3.05) is 18.5 Å². The highest BCUT2D eigenvalue weighted by Crippen LogP contribution is 2.09. The van der Waals surface area contributed by atoms with E-state index in [2.05, 4.69) is 17.2 Å². The molecule has 0 fully saturated rings. The summed E-state index contributed by atoms with van der Waals surface area (Å²) in [5.74, 6) is 5.13. The Morgan fingerprint density at radius 2 is 2.28 bits per heavy atom. The molecule has 0 aliphatic rings. The molecular weight excluding hydrogens is 230 g/mol. The molecule has 1 amide bonds. The van der Waals surface area contributed by atoms with E-state index in [-0.39, 0.29) is 25.2 Å². The number of rotatable bonds is 4. The Kier molecular flexibility index (Phi) is 5.92. The van der Waals surface area contributed by atoms with Crippen LogP contribution >= 0.6 is 0 Å². The lowest BCUT2D eigenvalue weighted by molar-refractivity contribution is -0.121. The second-order valence-corrected chi connectivity index (χ2v) is 3.95. The van der Waals surface area contributed by atoms with E-state index in [4.69, 9.17) is 9.84 Å². The van der Waals surface area contributed by atoms with E-state index in [0.29, 0.717) is 5.69 Å². The normalized spacial score (nSPS) is 9.78. The van der Waals surface area contributed by atoms with Crippen LogP contribution in [0.1, 0.15) is 19.4 Å². The van der Waals surface area contributed by atoms with Gasteiger partial charge in [-0.05, 0) is 32.0 Å². The van der Waals surface area contributed by atoms with Gasteiger partial charge in [0, 0.05) is 11.3 Å². The lowest BCUT2D eigenvalue weighted by atomic mass is 10.2. The van der Waals surface area contributed by atoms with Crippen molar-refractivity contribution < 1.29 is 14.6 Å². The number of ether oxygens (including phenoxy) is 1. The molecule has 0 saturated heterocycles. The molecule has 0 unspecified atom stereocenters. The minimum atomic E-state index is -0.198. The van der Waals surface area contributed by atoms with Crippen LogP contribution in [0, 0.1) is 11.8 Å². The van der Waals surface area contributed by atoms with Crippen molar-refractivity contribution in [1.82, 2.24) is 0 Å². The fourth-order valence-electron chi connectivity index (χ4n) is 1.26. The number of hydrogen-bond acceptors (Lipinski definition) is 3. The molecular formula is C14H17NO3. The number of aliphatic hydroxyl groups is 1. The van der Waals surface area contributed by atoms with Gasteiger partial charge in [-0.15, -0.1) is 0 Å². The van der Waals surface area contributed by atoms with Gasteiger partial charge in [0.05, 0.1) is 6.10 Å². The van der Waals surface area contributed by atoms with Gasteiger partial charge in [0.2, 0.25) is 5.91 Å². The van der Waals surface area contributed by atoms with E-state index in [0.717, 1.165) is 5.56 Å². The van der Waals surface area contributed by atoms with Crippen LogP contribution in [0.3, 0.4) is 0 Å². The third kappa shape index (κ3) is 5.48. The van der Waals surface area contributed by atoms with Crippen LogP contribution < -0.4 is 5.32 Å². The van der Waals surface area contributed by atoms with Gasteiger partial charge < -0.3 is 15.2 Å². The molecule has 1 rings (SSSR count). The number of hydrogen-bond donors (Lipinski definition) is 2. The molecule has 0 heterocycles. The van der Waals surface area contributed by atoms with Crippen molar-refractivity contribution in [2.45, 2.75) is 20.0 Å². The highest BCUT2D eigenvalue weighted by molar-refractivity contribution is 5.91. The van der Waals surface area contributed by atoms with E-state index in [1.54, 1.807) is 18.2 Å². The number of carbonyl (C=O) groups is 1. The van der Waals surface area contributed by atoms with Crippen LogP contribution in [0.25, 0.3) is 0 Å². The van der Waals surface area contributed by atoms with E-state index in [1.165, 1.54) is 0 Å². The smallest absolute Gasteiger partial charge is 0.250 e. The van der Waals surface area contributed by atoms with Crippen molar-refractivity contribution in [3.05, 3.63) is 29.8 Å². The van der Waals surface area contributed by atoms with Crippen LogP contribution in [0.4, 0.5) is 5.69 Å². The van der Waals surface area contributed by atoms with Crippen LogP contribution in [0.2, 0.25) is 0 Å². The van der Waals surface area contributed by atoms with E-state index in [9.17, 15) is 4.79 Å². The summed E-state index contributed by atoms with van der Waals surface area (Å²) >= 11 is 0. The second-order valence-electron chi connectivity index (χ2n) is 3.95. The Labute approximate surface area is 107 Å². The summed E-state index contributed by atoms with van der Waals surface area (Å²) in [6, 6.07) is 7.12. The molecule has 0 aliphatic heterocycles. The predicted octanol–water partition coefficient (Wildman–Crippen LogP) is 1.39. The van der Waals surface area contributed by atoms with Crippen molar-refractivity contribution in [1.29, 1.82) is 0 Å². The zero-order chi connectivity index (χ0) is 13.4. The maximum Gasteiger partial charge on any atom is 0.250 e. The van der Waals surface area contributed by atoms with Crippen LogP contribution in [-0.4, -0.2) is 30.3 Å². The topological polar surface area (TPSA) is 58.6 Å². The Morgan fingerprint density at radius 1 is 1.50 bits per heavy atom. The molecule has 96 valence electrons. The average Bonchev–Trinajstić information content (AvgIpc) is 2.34. The first-order chi connectivity index (χ1) is 8.61. The summed E-state index contributed by atoms with van der Waals surface area (Å²) in [7, 11) is 0. The van der Waals surface area contributed by atoms with Crippen LogP contribution in [0.15, 0.2) is 24.3 Å². The lowest BCUT2D eigenvalue weighted by Crippen LogP contribution is -2.20. The Morgan fingerprint density at radius 3 is 2.94 bits per heavy atom. The number of anilines is 1. The summed E-state index contributed by atoms with van der Waals surface area (Å²) in [6.45, 7) is 3.60. The highest BCUT2D eigenvalue weighted by atomic mass is 16.5. The van der Waals surface area contributed by atoms with Crippen molar-refractivity contribution >= 4 is 11.6 Å². The standard InChI is InChI=1S/C14H17NO3/c1-11(2)18-10-14(17)15-13-7-3-5-12(9-13)6-4-8-16/h3,5,7,9,11,16H,8,10H2,1-2H3,(H,15,17). The molecule has 4 nitrogen and oxygen atoms in total. The molecule has 0 bridgehead atoms. The first kappa shape index (κ1) is 14.2. The average molecular weight is 247 g/mol. The monoisotopic (exact) mass is 247 g/mol. The fraction of sp³-hybridized carbons (Fsp3) is 0.357. The fourth-order valence-corrected chi connectivity index (χ4v) is 1.26. The van der Waals surface area contributed by atoms with Crippen LogP contribution in [0.5, 0.6) is 0 Å². The first-order valence-corrected chi connectivity index (χ1v) is 5.73. The Balaban J connectivity index is 2.59. The summed E-state index contributed by atoms with van der Waals surface area (Å²) in [5.41, 5.74) is 1.41. The molecule has 4 heteroatoms. The van der Waals surface area contributed by atoms with Gasteiger partial charge in [-0.2, -0.15) is 0 Å². The molecule has 1 aromatic rings. The lowest BCUT2D eigenvalue weighted by Gasteiger charge is -2.08. The second kappa shape index (κ2) is 7.49. The van der Waals surface area contributed by atoms with Gasteiger partial charge in [-0.1, -0.05) is 17.9 Å². The summed E-state index contributed by atoms with van der Waals surface area (Å²) in [4.78, 5) is 11.5. The van der Waals surface area contributed by atoms with E-state index < -0.39 is 0 Å². The Hall–Kier alpha value is -1.83. The van der Waals surface area contributed by atoms with Gasteiger partial charge in [-0.3, -0.25) is 4.79 Å². The van der Waals surface area contributed by atoms with Crippen LogP contribution in [-0.2, 0) is 9.53 Å². The largest absolute Gasteiger partial charge is 0.384 e. The molecule has 0 radical (unpaired) electrons. The number of benzene rings is 1. The highest BCUT2D eigenvalue weighted by Gasteiger charge is 2.04. The minimum absolute atomic E-state index is 0.0255. The summed E-state index contributed by atoms with van der Waals surface area (Å²) in [5, 5.41) is 11.3. The van der Waals surface area contributed by atoms with Gasteiger partial charge >= 0.3 is 0 Å². The number of carbonyl (C=O) groups excluding carboxylic acids is 1. The molecule has 0 saturated carbocycles.